The van der Waals surface area contributed by atoms with Crippen LogP contribution in [-0.4, -0.2) is 43.8 Å². The lowest BCUT2D eigenvalue weighted by Crippen LogP contribution is -2.62. The molecule has 3 aromatic rings. The molecular weight excluding hydrogens is 446 g/mol. The van der Waals surface area contributed by atoms with Crippen LogP contribution in [0.2, 0.25) is 5.02 Å². The molecule has 1 spiro atoms. The summed E-state index contributed by atoms with van der Waals surface area (Å²) in [6.45, 7) is 3.31. The molecule has 33 heavy (non-hydrogen) atoms. The minimum atomic E-state index is -1.04. The van der Waals surface area contributed by atoms with Crippen molar-refractivity contribution in [1.82, 2.24) is 24.6 Å². The number of nitrogens with zero attached hydrogens (tertiary/aromatic N) is 6. The van der Waals surface area contributed by atoms with Crippen LogP contribution in [-0.2, 0) is 13.1 Å². The second kappa shape index (κ2) is 6.96. The van der Waals surface area contributed by atoms with Crippen LogP contribution in [0.25, 0.3) is 5.69 Å². The first-order valence-electron chi connectivity index (χ1n) is 11.5. The Kier molecular flexibility index (Phi) is 4.19. The van der Waals surface area contributed by atoms with Gasteiger partial charge in [-0.3, -0.25) is 9.47 Å². The monoisotopic (exact) mass is 468 g/mol. The van der Waals surface area contributed by atoms with Crippen molar-refractivity contribution in [1.29, 1.82) is 0 Å². The van der Waals surface area contributed by atoms with Crippen molar-refractivity contribution in [2.45, 2.75) is 50.7 Å². The van der Waals surface area contributed by atoms with E-state index in [4.69, 9.17) is 11.6 Å². The van der Waals surface area contributed by atoms with Gasteiger partial charge < -0.3 is 4.90 Å². The first kappa shape index (κ1) is 19.9. The van der Waals surface area contributed by atoms with E-state index in [1.54, 1.807) is 6.07 Å². The summed E-state index contributed by atoms with van der Waals surface area (Å²) in [5.74, 6) is 0.922. The third kappa shape index (κ3) is 3.18. The molecule has 0 bridgehead atoms. The molecule has 4 aliphatic rings. The van der Waals surface area contributed by atoms with Crippen LogP contribution < -0.4 is 4.90 Å². The number of benzene rings is 1. The normalized spacial score (nSPS) is 21.8. The zero-order valence-electron chi connectivity index (χ0n) is 18.0. The zero-order valence-corrected chi connectivity index (χ0v) is 18.8. The van der Waals surface area contributed by atoms with Gasteiger partial charge in [0.2, 0.25) is 0 Å². The number of hydrogen-bond acceptors (Lipinski definition) is 5. The largest absolute Gasteiger partial charge is 0.355 e. The maximum Gasteiger partial charge on any atom is 0.250 e. The van der Waals surface area contributed by atoms with Gasteiger partial charge in [0.05, 0.1) is 12.2 Å². The fourth-order valence-electron chi connectivity index (χ4n) is 5.95. The molecule has 2 saturated carbocycles. The molecule has 0 unspecified atom stereocenters. The summed E-state index contributed by atoms with van der Waals surface area (Å²) in [4.78, 5) is 8.27. The summed E-state index contributed by atoms with van der Waals surface area (Å²) in [6, 6.07) is 9.44. The Balaban J connectivity index is 1.13. The summed E-state index contributed by atoms with van der Waals surface area (Å²) in [5, 5.41) is 10.0. The molecular formula is C24H23ClF2N6. The van der Waals surface area contributed by atoms with Crippen LogP contribution >= 0.6 is 11.6 Å². The molecule has 4 heterocycles. The van der Waals surface area contributed by atoms with Gasteiger partial charge in [0.15, 0.2) is 11.6 Å². The molecule has 0 radical (unpaired) electrons. The topological polar surface area (TPSA) is 50.1 Å². The van der Waals surface area contributed by atoms with E-state index in [2.05, 4.69) is 36.8 Å². The summed E-state index contributed by atoms with van der Waals surface area (Å²) in [6.07, 6.45) is 4.51. The summed E-state index contributed by atoms with van der Waals surface area (Å²) < 4.78 is 29.0. The molecule has 7 rings (SSSR count). The highest BCUT2D eigenvalue weighted by Crippen LogP contribution is 2.56. The van der Waals surface area contributed by atoms with E-state index in [1.807, 2.05) is 11.0 Å². The second-order valence-corrected chi connectivity index (χ2v) is 10.6. The maximum absolute atomic E-state index is 13.5. The number of pyridine rings is 1. The highest BCUT2D eigenvalue weighted by atomic mass is 35.5. The highest BCUT2D eigenvalue weighted by Gasteiger charge is 2.54. The molecule has 9 heteroatoms. The van der Waals surface area contributed by atoms with Gasteiger partial charge in [-0.25, -0.2) is 4.39 Å². The van der Waals surface area contributed by atoms with E-state index in [9.17, 15) is 8.78 Å². The molecule has 2 aromatic heterocycles. The molecule has 6 nitrogen and oxygen atoms in total. The minimum absolute atomic E-state index is 0.192. The molecule has 0 N–H and O–H groups in total. The smallest absolute Gasteiger partial charge is 0.250 e. The number of hydrogen-bond donors (Lipinski definition) is 0. The average Bonchev–Trinajstić information content (AvgIpc) is 3.52. The van der Waals surface area contributed by atoms with Crippen molar-refractivity contribution in [3.63, 3.8) is 0 Å². The van der Waals surface area contributed by atoms with Crippen LogP contribution in [0, 0.1) is 17.2 Å². The van der Waals surface area contributed by atoms with Crippen molar-refractivity contribution in [2.75, 3.05) is 18.0 Å². The quantitative estimate of drug-likeness (QED) is 0.531. The van der Waals surface area contributed by atoms with Crippen LogP contribution in [0.4, 0.5) is 14.6 Å². The van der Waals surface area contributed by atoms with Crippen molar-refractivity contribution in [2.24, 2.45) is 5.41 Å². The summed E-state index contributed by atoms with van der Waals surface area (Å²) in [5.41, 5.74) is 2.55. The Labute approximate surface area is 195 Å². The summed E-state index contributed by atoms with van der Waals surface area (Å²) in [7, 11) is 0. The Morgan fingerprint density at radius 1 is 1.00 bits per heavy atom. The van der Waals surface area contributed by atoms with Gasteiger partial charge >= 0.3 is 0 Å². The minimum Gasteiger partial charge on any atom is -0.355 e. The Hall–Kier alpha value is -2.58. The van der Waals surface area contributed by atoms with E-state index in [0.717, 1.165) is 67.4 Å². The van der Waals surface area contributed by atoms with Crippen molar-refractivity contribution in [3.8, 4) is 5.69 Å². The molecule has 2 aliphatic carbocycles. The Bertz CT molecular complexity index is 1260. The number of fused-ring (bicyclic) bond motifs is 3. The van der Waals surface area contributed by atoms with Crippen LogP contribution in [0.5, 0.6) is 0 Å². The van der Waals surface area contributed by atoms with Gasteiger partial charge in [-0.15, -0.1) is 10.2 Å². The fraction of sp³-hybridized carbons (Fsp3) is 0.458. The van der Waals surface area contributed by atoms with Crippen molar-refractivity contribution >= 4 is 17.4 Å². The van der Waals surface area contributed by atoms with Crippen LogP contribution in [0.15, 0.2) is 30.3 Å². The van der Waals surface area contributed by atoms with E-state index in [1.165, 1.54) is 18.4 Å². The average molecular weight is 469 g/mol. The number of rotatable bonds is 3. The van der Waals surface area contributed by atoms with Crippen LogP contribution in [0.1, 0.15) is 48.8 Å². The third-order valence-electron chi connectivity index (χ3n) is 7.71. The van der Waals surface area contributed by atoms with Gasteiger partial charge in [-0.05, 0) is 61.6 Å². The molecule has 1 saturated heterocycles. The molecule has 1 aromatic carbocycles. The standard InChI is InChI=1S/C24H23ClF2N6/c25-16-1-5-19-14(7-16)10-31(17-2-3-17)11-21-29-30-23(33(19)21)15-8-24(9-15)12-32(13-24)20-6-4-18(26)22(27)28-20/h1,4-7,15,17H,2-3,8-13H2. The molecule has 2 aliphatic heterocycles. The van der Waals surface area contributed by atoms with Gasteiger partial charge in [0, 0.05) is 42.0 Å². The van der Waals surface area contributed by atoms with E-state index >= 15 is 0 Å². The Morgan fingerprint density at radius 3 is 2.58 bits per heavy atom. The van der Waals surface area contributed by atoms with E-state index in [0.29, 0.717) is 17.8 Å². The van der Waals surface area contributed by atoms with E-state index < -0.39 is 11.8 Å². The molecule has 0 atom stereocenters. The highest BCUT2D eigenvalue weighted by molar-refractivity contribution is 6.30. The van der Waals surface area contributed by atoms with Crippen molar-refractivity contribution in [3.05, 3.63) is 64.3 Å². The SMILES string of the molecule is Fc1ccc(N2CC3(CC(c4nnc5n4-c4ccc(Cl)cc4CN(C4CC4)C5)C3)C2)nc1F. The van der Waals surface area contributed by atoms with Crippen LogP contribution in [0.3, 0.4) is 0 Å². The van der Waals surface area contributed by atoms with Gasteiger partial charge in [0.1, 0.15) is 11.6 Å². The van der Waals surface area contributed by atoms with E-state index in [-0.39, 0.29) is 5.41 Å². The van der Waals surface area contributed by atoms with Gasteiger partial charge in [-0.2, -0.15) is 9.37 Å². The molecule has 170 valence electrons. The van der Waals surface area contributed by atoms with Crippen molar-refractivity contribution < 1.29 is 8.78 Å². The summed E-state index contributed by atoms with van der Waals surface area (Å²) >= 11 is 6.35. The first-order valence-corrected chi connectivity index (χ1v) is 11.9. The second-order valence-electron chi connectivity index (χ2n) is 10.1. The van der Waals surface area contributed by atoms with Gasteiger partial charge in [0.25, 0.3) is 5.95 Å². The number of anilines is 1. The predicted molar refractivity (Wildman–Crippen MR) is 119 cm³/mol. The maximum atomic E-state index is 13.5. The zero-order chi connectivity index (χ0) is 22.3. The number of halogens is 3. The fourth-order valence-corrected chi connectivity index (χ4v) is 6.14. The van der Waals surface area contributed by atoms with Gasteiger partial charge in [-0.1, -0.05) is 11.6 Å². The lowest BCUT2D eigenvalue weighted by atomic mass is 9.57. The first-order chi connectivity index (χ1) is 16.0. The molecule has 3 fully saturated rings. The molecule has 0 amide bonds. The number of aromatic nitrogens is 4. The lowest BCUT2D eigenvalue weighted by Gasteiger charge is -2.59. The predicted octanol–water partition coefficient (Wildman–Crippen LogP) is 4.46. The third-order valence-corrected chi connectivity index (χ3v) is 7.94. The Morgan fingerprint density at radius 2 is 1.82 bits per heavy atom. The lowest BCUT2D eigenvalue weighted by molar-refractivity contribution is 0.0580.